The van der Waals surface area contributed by atoms with Crippen LogP contribution < -0.4 is 10.5 Å². The molecule has 0 aromatic heterocycles. The zero-order chi connectivity index (χ0) is 12.4. The van der Waals surface area contributed by atoms with Crippen LogP contribution in [0.2, 0.25) is 10.0 Å². The molecule has 2 aromatic rings. The third kappa shape index (κ3) is 2.81. The summed E-state index contributed by atoms with van der Waals surface area (Å²) in [7, 11) is 0. The average Bonchev–Trinajstić information content (AvgIpc) is 2.26. The highest BCUT2D eigenvalue weighted by atomic mass is 35.5. The molecule has 2 rings (SSSR count). The molecule has 0 saturated heterocycles. The Balaban J connectivity index is 2.33. The number of halogens is 3. The zero-order valence-corrected chi connectivity index (χ0v) is 10.1. The van der Waals surface area contributed by atoms with Gasteiger partial charge in [-0.2, -0.15) is 0 Å². The van der Waals surface area contributed by atoms with Gasteiger partial charge in [0.15, 0.2) is 5.75 Å². The lowest BCUT2D eigenvalue weighted by Crippen LogP contribution is -1.93. The van der Waals surface area contributed by atoms with E-state index in [-0.39, 0.29) is 16.5 Å². The van der Waals surface area contributed by atoms with Gasteiger partial charge in [-0.05, 0) is 24.3 Å². The standard InChI is InChI=1S/C12H8Cl2FNO/c13-7-2-1-3-8(4-7)17-12-6-10(15)9(14)5-11(12)16/h1-6H,16H2. The van der Waals surface area contributed by atoms with Crippen LogP contribution in [0.4, 0.5) is 10.1 Å². The van der Waals surface area contributed by atoms with Crippen molar-refractivity contribution in [2.45, 2.75) is 0 Å². The fourth-order valence-corrected chi connectivity index (χ4v) is 1.64. The van der Waals surface area contributed by atoms with Gasteiger partial charge in [-0.3, -0.25) is 0 Å². The van der Waals surface area contributed by atoms with Crippen molar-refractivity contribution in [3.8, 4) is 11.5 Å². The number of benzene rings is 2. The van der Waals surface area contributed by atoms with Crippen LogP contribution in [-0.4, -0.2) is 0 Å². The Bertz CT molecular complexity index is 560. The number of hydrogen-bond acceptors (Lipinski definition) is 2. The molecule has 88 valence electrons. The molecule has 0 aliphatic carbocycles. The normalized spacial score (nSPS) is 10.3. The van der Waals surface area contributed by atoms with E-state index in [2.05, 4.69) is 0 Å². The smallest absolute Gasteiger partial charge is 0.153 e. The summed E-state index contributed by atoms with van der Waals surface area (Å²) < 4.78 is 18.7. The minimum absolute atomic E-state index is 0.0408. The lowest BCUT2D eigenvalue weighted by molar-refractivity contribution is 0.479. The van der Waals surface area contributed by atoms with Crippen LogP contribution in [0.1, 0.15) is 0 Å². The Labute approximate surface area is 108 Å². The molecule has 17 heavy (non-hydrogen) atoms. The van der Waals surface area contributed by atoms with Crippen LogP contribution in [0.15, 0.2) is 36.4 Å². The number of rotatable bonds is 2. The topological polar surface area (TPSA) is 35.2 Å². The number of ether oxygens (including phenoxy) is 1. The molecule has 0 heterocycles. The van der Waals surface area contributed by atoms with E-state index in [0.29, 0.717) is 10.8 Å². The molecular weight excluding hydrogens is 264 g/mol. The molecule has 0 amide bonds. The first-order valence-corrected chi connectivity index (χ1v) is 5.50. The van der Waals surface area contributed by atoms with Crippen LogP contribution >= 0.6 is 23.2 Å². The maximum Gasteiger partial charge on any atom is 0.153 e. The number of nitrogens with two attached hydrogens (primary N) is 1. The summed E-state index contributed by atoms with van der Waals surface area (Å²) in [5.74, 6) is 0.0954. The van der Waals surface area contributed by atoms with E-state index in [1.165, 1.54) is 6.07 Å². The molecule has 0 unspecified atom stereocenters. The maximum atomic E-state index is 13.2. The fourth-order valence-electron chi connectivity index (χ4n) is 1.29. The summed E-state index contributed by atoms with van der Waals surface area (Å²) in [6.45, 7) is 0. The first-order chi connectivity index (χ1) is 8.06. The molecule has 0 atom stereocenters. The molecule has 0 saturated carbocycles. The van der Waals surface area contributed by atoms with E-state index in [1.54, 1.807) is 24.3 Å². The lowest BCUT2D eigenvalue weighted by Gasteiger charge is -2.09. The van der Waals surface area contributed by atoms with Crippen molar-refractivity contribution in [1.29, 1.82) is 0 Å². The maximum absolute atomic E-state index is 13.2. The van der Waals surface area contributed by atoms with Gasteiger partial charge in [-0.15, -0.1) is 0 Å². The summed E-state index contributed by atoms with van der Waals surface area (Å²) in [5.41, 5.74) is 5.93. The van der Waals surface area contributed by atoms with Gasteiger partial charge in [0.05, 0.1) is 10.7 Å². The molecular formula is C12H8Cl2FNO. The molecule has 0 fully saturated rings. The van der Waals surface area contributed by atoms with E-state index >= 15 is 0 Å². The molecule has 2 nitrogen and oxygen atoms in total. The van der Waals surface area contributed by atoms with Gasteiger partial charge in [0, 0.05) is 11.1 Å². The average molecular weight is 272 g/mol. The van der Waals surface area contributed by atoms with Crippen molar-refractivity contribution in [3.63, 3.8) is 0 Å². The predicted molar refractivity (Wildman–Crippen MR) is 67.3 cm³/mol. The summed E-state index contributed by atoms with van der Waals surface area (Å²) in [6, 6.07) is 9.17. The second kappa shape index (κ2) is 4.82. The van der Waals surface area contributed by atoms with Crippen molar-refractivity contribution in [1.82, 2.24) is 0 Å². The van der Waals surface area contributed by atoms with Crippen molar-refractivity contribution < 1.29 is 9.13 Å². The summed E-state index contributed by atoms with van der Waals surface area (Å²) in [4.78, 5) is 0. The number of hydrogen-bond donors (Lipinski definition) is 1. The van der Waals surface area contributed by atoms with E-state index < -0.39 is 5.82 Å². The van der Waals surface area contributed by atoms with E-state index in [0.717, 1.165) is 6.07 Å². The van der Waals surface area contributed by atoms with Gasteiger partial charge in [-0.1, -0.05) is 29.3 Å². The Morgan fingerprint density at radius 1 is 1.12 bits per heavy atom. The van der Waals surface area contributed by atoms with E-state index in [9.17, 15) is 4.39 Å². The minimum atomic E-state index is -0.585. The van der Waals surface area contributed by atoms with Gasteiger partial charge >= 0.3 is 0 Å². The highest BCUT2D eigenvalue weighted by molar-refractivity contribution is 6.31. The van der Waals surface area contributed by atoms with Crippen LogP contribution in [0.5, 0.6) is 11.5 Å². The Hall–Kier alpha value is -1.45. The Morgan fingerprint density at radius 2 is 1.88 bits per heavy atom. The zero-order valence-electron chi connectivity index (χ0n) is 8.58. The third-order valence-electron chi connectivity index (χ3n) is 2.08. The molecule has 2 N–H and O–H groups in total. The molecule has 0 bridgehead atoms. The monoisotopic (exact) mass is 271 g/mol. The molecule has 5 heteroatoms. The van der Waals surface area contributed by atoms with Gasteiger partial charge < -0.3 is 10.5 Å². The van der Waals surface area contributed by atoms with Gasteiger partial charge in [-0.25, -0.2) is 4.39 Å². The number of anilines is 1. The van der Waals surface area contributed by atoms with Gasteiger partial charge in [0.2, 0.25) is 0 Å². The molecule has 0 spiro atoms. The van der Waals surface area contributed by atoms with Crippen molar-refractivity contribution in [3.05, 3.63) is 52.3 Å². The first-order valence-electron chi connectivity index (χ1n) is 4.74. The van der Waals surface area contributed by atoms with Crippen molar-refractivity contribution in [2.75, 3.05) is 5.73 Å². The number of nitrogen functional groups attached to an aromatic ring is 1. The highest BCUT2D eigenvalue weighted by Crippen LogP contribution is 2.32. The molecule has 2 aromatic carbocycles. The molecule has 0 aliphatic rings. The summed E-state index contributed by atoms with van der Waals surface area (Å²) in [6.07, 6.45) is 0. The highest BCUT2D eigenvalue weighted by Gasteiger charge is 2.08. The van der Waals surface area contributed by atoms with Crippen molar-refractivity contribution >= 4 is 28.9 Å². The van der Waals surface area contributed by atoms with Crippen LogP contribution in [0.25, 0.3) is 0 Å². The van der Waals surface area contributed by atoms with Gasteiger partial charge in [0.25, 0.3) is 0 Å². The third-order valence-corrected chi connectivity index (χ3v) is 2.60. The van der Waals surface area contributed by atoms with Crippen LogP contribution in [0.3, 0.4) is 0 Å². The van der Waals surface area contributed by atoms with Crippen LogP contribution in [-0.2, 0) is 0 Å². The summed E-state index contributed by atoms with van der Waals surface area (Å²) in [5, 5.41) is 0.483. The fraction of sp³-hybridized carbons (Fsp3) is 0. The Morgan fingerprint density at radius 3 is 2.59 bits per heavy atom. The van der Waals surface area contributed by atoms with Crippen LogP contribution in [0, 0.1) is 5.82 Å². The van der Waals surface area contributed by atoms with Crippen molar-refractivity contribution in [2.24, 2.45) is 0 Å². The molecule has 0 aliphatic heterocycles. The second-order valence-electron chi connectivity index (χ2n) is 3.36. The minimum Gasteiger partial charge on any atom is -0.455 e. The second-order valence-corrected chi connectivity index (χ2v) is 4.21. The first kappa shape index (κ1) is 12.0. The largest absolute Gasteiger partial charge is 0.455 e. The quantitative estimate of drug-likeness (QED) is 0.816. The lowest BCUT2D eigenvalue weighted by atomic mass is 10.3. The van der Waals surface area contributed by atoms with E-state index in [4.69, 9.17) is 33.7 Å². The summed E-state index contributed by atoms with van der Waals surface area (Å²) >= 11 is 11.4. The molecule has 0 radical (unpaired) electrons. The van der Waals surface area contributed by atoms with E-state index in [1.807, 2.05) is 0 Å². The predicted octanol–water partition coefficient (Wildman–Crippen LogP) is 4.51. The Kier molecular flexibility index (Phi) is 3.41. The van der Waals surface area contributed by atoms with Gasteiger partial charge in [0.1, 0.15) is 11.6 Å². The SMILES string of the molecule is Nc1cc(Cl)c(F)cc1Oc1cccc(Cl)c1.